The summed E-state index contributed by atoms with van der Waals surface area (Å²) < 4.78 is 11.5. The molecule has 2 rings (SSSR count). The topological polar surface area (TPSA) is 25.4 Å². The summed E-state index contributed by atoms with van der Waals surface area (Å²) >= 11 is -2.35. The van der Waals surface area contributed by atoms with Gasteiger partial charge < -0.3 is 0 Å². The molecule has 0 aliphatic carbocycles. The molecule has 3 nitrogen and oxygen atoms in total. The quantitative estimate of drug-likeness (QED) is 0.406. The van der Waals surface area contributed by atoms with Gasteiger partial charge in [0.2, 0.25) is 0 Å². The Bertz CT molecular complexity index is 464. The maximum atomic E-state index is 5.46. The molecule has 1 saturated heterocycles. The van der Waals surface area contributed by atoms with Gasteiger partial charge in [0, 0.05) is 0 Å². The molecule has 0 bridgehead atoms. The van der Waals surface area contributed by atoms with Crippen LogP contribution in [0.2, 0.25) is 13.3 Å². The molecule has 1 fully saturated rings. The number of unbranched alkanes of at least 4 members (excludes halogenated alkanes) is 3. The van der Waals surface area contributed by atoms with Crippen molar-refractivity contribution in [2.45, 2.75) is 79.2 Å². The van der Waals surface area contributed by atoms with E-state index in [1.165, 1.54) is 57.4 Å². The van der Waals surface area contributed by atoms with E-state index in [2.05, 4.69) is 44.0 Å². The number of hydrogen-bond donors (Lipinski definition) is 0. The van der Waals surface area contributed by atoms with Crippen LogP contribution < -0.4 is 3.71 Å². The number of ether oxygens (including phenoxy) is 1. The van der Waals surface area contributed by atoms with Crippen LogP contribution in [0.15, 0.2) is 18.3 Å². The van der Waals surface area contributed by atoms with E-state index in [-0.39, 0.29) is 0 Å². The van der Waals surface area contributed by atoms with Gasteiger partial charge in [0.15, 0.2) is 0 Å². The summed E-state index contributed by atoms with van der Waals surface area (Å²) in [4.78, 5) is 7.60. The average molecular weight is 467 g/mol. The molecule has 148 valence electrons. The Morgan fingerprint density at radius 3 is 1.96 bits per heavy atom. The third-order valence-electron chi connectivity index (χ3n) is 5.90. The van der Waals surface area contributed by atoms with Gasteiger partial charge in [0.1, 0.15) is 0 Å². The number of pyridine rings is 1. The Morgan fingerprint density at radius 2 is 1.50 bits per heavy atom. The van der Waals surface area contributed by atoms with Crippen LogP contribution in [0.3, 0.4) is 0 Å². The van der Waals surface area contributed by atoms with Gasteiger partial charge in [-0.15, -0.1) is 0 Å². The van der Waals surface area contributed by atoms with Crippen molar-refractivity contribution in [2.75, 3.05) is 26.3 Å². The van der Waals surface area contributed by atoms with Gasteiger partial charge in [-0.2, -0.15) is 0 Å². The summed E-state index contributed by atoms with van der Waals surface area (Å²) in [5.74, 6) is 0. The number of nitrogens with zero attached hydrogens (tertiary/aromatic N) is 2. The van der Waals surface area contributed by atoms with Crippen LogP contribution in [-0.4, -0.2) is 54.6 Å². The Hall–Kier alpha value is -0.131. The zero-order valence-electron chi connectivity index (χ0n) is 17.4. The van der Waals surface area contributed by atoms with E-state index >= 15 is 0 Å². The molecule has 0 amide bonds. The molecule has 0 spiro atoms. The Labute approximate surface area is 165 Å². The molecule has 0 N–H and O–H groups in total. The molecule has 0 unspecified atom stereocenters. The predicted octanol–water partition coefficient (Wildman–Crippen LogP) is 4.97. The predicted molar refractivity (Wildman–Crippen MR) is 115 cm³/mol. The Kier molecular flexibility index (Phi) is 10.5. The zero-order chi connectivity index (χ0) is 18.7. The van der Waals surface area contributed by atoms with E-state index in [9.17, 15) is 0 Å². The second-order valence-electron chi connectivity index (χ2n) is 8.03. The number of hydrogen-bond acceptors (Lipinski definition) is 3. The molecule has 0 aromatic carbocycles. The van der Waals surface area contributed by atoms with Crippen LogP contribution >= 0.6 is 0 Å². The summed E-state index contributed by atoms with van der Waals surface area (Å²) in [6.45, 7) is 11.9. The normalized spacial score (nSPS) is 16.1. The fourth-order valence-corrected chi connectivity index (χ4v) is 19.5. The van der Waals surface area contributed by atoms with Gasteiger partial charge in [-0.3, -0.25) is 0 Å². The molecular formula is C22H40N2OSn. The molecule has 4 heteroatoms. The molecule has 1 aromatic heterocycles. The van der Waals surface area contributed by atoms with Crippen LogP contribution in [0.4, 0.5) is 0 Å². The van der Waals surface area contributed by atoms with Crippen LogP contribution in [0.1, 0.15) is 64.9 Å². The van der Waals surface area contributed by atoms with E-state index < -0.39 is 18.4 Å². The number of rotatable bonds is 12. The maximum absolute atomic E-state index is 5.46. The van der Waals surface area contributed by atoms with Crippen molar-refractivity contribution >= 4 is 22.1 Å². The zero-order valence-corrected chi connectivity index (χ0v) is 20.3. The van der Waals surface area contributed by atoms with Crippen molar-refractivity contribution in [1.82, 2.24) is 9.88 Å². The van der Waals surface area contributed by atoms with Crippen LogP contribution in [0.25, 0.3) is 0 Å². The minimum absolute atomic E-state index is 0.871. The van der Waals surface area contributed by atoms with Crippen molar-refractivity contribution < 1.29 is 4.74 Å². The van der Waals surface area contributed by atoms with Gasteiger partial charge in [-0.05, 0) is 0 Å². The molecule has 1 aliphatic heterocycles. The van der Waals surface area contributed by atoms with Crippen LogP contribution in [0.5, 0.6) is 0 Å². The van der Waals surface area contributed by atoms with Gasteiger partial charge in [-0.1, -0.05) is 0 Å². The third kappa shape index (κ3) is 6.79. The fraction of sp³-hybridized carbons (Fsp3) is 0.773. The molecule has 0 atom stereocenters. The SMILES string of the molecule is CCC[CH2][Sn]([CH2]CCC)([CH2]CCC)[c]1ccc(CN2CCOCC2)cn1. The molecule has 2 heterocycles. The third-order valence-corrected chi connectivity index (χ3v) is 21.1. The molecule has 0 radical (unpaired) electrons. The number of aromatic nitrogens is 1. The average Bonchev–Trinajstić information content (AvgIpc) is 2.69. The van der Waals surface area contributed by atoms with E-state index in [0.717, 1.165) is 32.8 Å². The first-order valence-electron chi connectivity index (χ1n) is 11.0. The second-order valence-corrected chi connectivity index (χ2v) is 21.1. The monoisotopic (exact) mass is 468 g/mol. The van der Waals surface area contributed by atoms with E-state index in [1.54, 1.807) is 3.71 Å². The van der Waals surface area contributed by atoms with Crippen molar-refractivity contribution in [1.29, 1.82) is 0 Å². The van der Waals surface area contributed by atoms with Crippen LogP contribution in [0, 0.1) is 0 Å². The second kappa shape index (κ2) is 12.4. The Balaban J connectivity index is 2.13. The van der Waals surface area contributed by atoms with E-state index in [0.29, 0.717) is 0 Å². The van der Waals surface area contributed by atoms with Crippen molar-refractivity contribution in [3.63, 3.8) is 0 Å². The molecule has 0 saturated carbocycles. The van der Waals surface area contributed by atoms with E-state index in [1.807, 2.05) is 0 Å². The van der Waals surface area contributed by atoms with Crippen molar-refractivity contribution in [2.24, 2.45) is 0 Å². The summed E-state index contributed by atoms with van der Waals surface area (Å²) in [7, 11) is 0. The van der Waals surface area contributed by atoms with Crippen LogP contribution in [-0.2, 0) is 11.3 Å². The fourth-order valence-electron chi connectivity index (χ4n) is 4.15. The molecular weight excluding hydrogens is 427 g/mol. The summed E-state index contributed by atoms with van der Waals surface area (Å²) in [5, 5.41) is 0. The van der Waals surface area contributed by atoms with E-state index in [4.69, 9.17) is 9.72 Å². The summed E-state index contributed by atoms with van der Waals surface area (Å²) in [6.07, 6.45) is 10.4. The van der Waals surface area contributed by atoms with Gasteiger partial charge >= 0.3 is 166 Å². The standard InChI is InChI=1S/C10H13N2O.3C4H9.Sn/c1-2-10(8-11-3-1)9-12-4-6-13-7-5-12;3*1-3-4-2;/h1-2,8H,4-7,9H2;3*1,3-4H2,2H3;. The van der Waals surface area contributed by atoms with Gasteiger partial charge in [0.05, 0.1) is 0 Å². The molecule has 1 aliphatic rings. The van der Waals surface area contributed by atoms with Gasteiger partial charge in [0.25, 0.3) is 0 Å². The van der Waals surface area contributed by atoms with Crippen molar-refractivity contribution in [3.8, 4) is 0 Å². The Morgan fingerprint density at radius 1 is 0.923 bits per heavy atom. The van der Waals surface area contributed by atoms with Gasteiger partial charge in [-0.25, -0.2) is 0 Å². The molecule has 1 aromatic rings. The minimum atomic E-state index is -2.35. The first-order valence-corrected chi connectivity index (χ1v) is 18.5. The first-order chi connectivity index (χ1) is 12.7. The summed E-state index contributed by atoms with van der Waals surface area (Å²) in [5.41, 5.74) is 1.37. The molecule has 26 heavy (non-hydrogen) atoms. The first kappa shape index (κ1) is 22.2. The summed E-state index contributed by atoms with van der Waals surface area (Å²) in [6, 6.07) is 4.82. The van der Waals surface area contributed by atoms with Crippen molar-refractivity contribution in [3.05, 3.63) is 23.9 Å². The number of morpholine rings is 1.